The molecule has 2 aromatic carbocycles. The van der Waals surface area contributed by atoms with Gasteiger partial charge in [0.1, 0.15) is 12.4 Å². The molecule has 1 N–H and O–H groups in total. The number of nitrogens with one attached hydrogen (secondary N) is 1. The Morgan fingerprint density at radius 1 is 1.04 bits per heavy atom. The zero-order valence-electron chi connectivity index (χ0n) is 13.6. The Bertz CT molecular complexity index is 606. The van der Waals surface area contributed by atoms with Gasteiger partial charge in [-0.3, -0.25) is 0 Å². The molecule has 0 aliphatic heterocycles. The van der Waals surface area contributed by atoms with Crippen LogP contribution in [0.5, 0.6) is 5.75 Å². The van der Waals surface area contributed by atoms with Crippen molar-refractivity contribution in [3.63, 3.8) is 0 Å². The molecular formula is C18H22Cl3NO2. The molecule has 0 aromatic heterocycles. The van der Waals surface area contributed by atoms with Gasteiger partial charge in [0, 0.05) is 35.9 Å². The number of hydrogen-bond donors (Lipinski definition) is 1. The molecule has 0 aliphatic rings. The molecule has 0 saturated carbocycles. The summed E-state index contributed by atoms with van der Waals surface area (Å²) in [6, 6.07) is 13.5. The molecule has 0 bridgehead atoms. The molecule has 0 spiro atoms. The highest BCUT2D eigenvalue weighted by atomic mass is 35.5. The summed E-state index contributed by atoms with van der Waals surface area (Å²) >= 11 is 12.0. The van der Waals surface area contributed by atoms with E-state index in [4.69, 9.17) is 32.7 Å². The van der Waals surface area contributed by atoms with Gasteiger partial charge in [0.15, 0.2) is 0 Å². The molecule has 0 radical (unpaired) electrons. The minimum atomic E-state index is 0. The second-order valence-electron chi connectivity index (χ2n) is 5.19. The number of halogens is 3. The summed E-state index contributed by atoms with van der Waals surface area (Å²) in [4.78, 5) is 0. The van der Waals surface area contributed by atoms with Crippen LogP contribution in [0.2, 0.25) is 10.0 Å². The highest BCUT2D eigenvalue weighted by molar-refractivity contribution is 6.35. The van der Waals surface area contributed by atoms with Gasteiger partial charge in [-0.05, 0) is 42.8 Å². The second-order valence-corrected chi connectivity index (χ2v) is 6.04. The van der Waals surface area contributed by atoms with Crippen LogP contribution >= 0.6 is 35.6 Å². The van der Waals surface area contributed by atoms with Crippen molar-refractivity contribution in [2.45, 2.75) is 19.6 Å². The van der Waals surface area contributed by atoms with E-state index >= 15 is 0 Å². The fraction of sp³-hybridized carbons (Fsp3) is 0.333. The van der Waals surface area contributed by atoms with Crippen molar-refractivity contribution in [1.82, 2.24) is 5.32 Å². The monoisotopic (exact) mass is 389 g/mol. The first kappa shape index (κ1) is 21.1. The lowest BCUT2D eigenvalue weighted by Gasteiger charge is -2.09. The van der Waals surface area contributed by atoms with Gasteiger partial charge in [0.25, 0.3) is 0 Å². The van der Waals surface area contributed by atoms with E-state index in [0.717, 1.165) is 37.4 Å². The lowest BCUT2D eigenvalue weighted by Crippen LogP contribution is -2.15. The third-order valence-electron chi connectivity index (χ3n) is 3.36. The standard InChI is InChI=1S/C18H21Cl2NO2.ClH/c1-22-10-2-9-21-12-14-3-7-17(8-4-14)23-13-15-5-6-16(19)11-18(15)20;/h3-8,11,21H,2,9-10,12-13H2,1H3;1H. The van der Waals surface area contributed by atoms with Gasteiger partial charge in [0.05, 0.1) is 0 Å². The van der Waals surface area contributed by atoms with Gasteiger partial charge in [-0.15, -0.1) is 12.4 Å². The first-order valence-electron chi connectivity index (χ1n) is 7.54. The molecule has 3 nitrogen and oxygen atoms in total. The van der Waals surface area contributed by atoms with Crippen molar-refractivity contribution in [3.05, 3.63) is 63.6 Å². The van der Waals surface area contributed by atoms with Gasteiger partial charge in [-0.2, -0.15) is 0 Å². The number of rotatable bonds is 9. The average Bonchev–Trinajstić information content (AvgIpc) is 2.55. The summed E-state index contributed by atoms with van der Waals surface area (Å²) in [5, 5.41) is 4.62. The second kappa shape index (κ2) is 11.6. The van der Waals surface area contributed by atoms with Crippen molar-refractivity contribution >= 4 is 35.6 Å². The van der Waals surface area contributed by atoms with Crippen LogP contribution in [-0.4, -0.2) is 20.3 Å². The Morgan fingerprint density at radius 2 is 1.79 bits per heavy atom. The smallest absolute Gasteiger partial charge is 0.119 e. The first-order valence-corrected chi connectivity index (χ1v) is 8.30. The van der Waals surface area contributed by atoms with Crippen molar-refractivity contribution < 1.29 is 9.47 Å². The maximum absolute atomic E-state index is 6.13. The molecule has 2 rings (SSSR count). The molecule has 24 heavy (non-hydrogen) atoms. The molecule has 132 valence electrons. The predicted octanol–water partition coefficient (Wildman–Crippen LogP) is 5.12. The Hall–Kier alpha value is -0.970. The van der Waals surface area contributed by atoms with Crippen molar-refractivity contribution in [1.29, 1.82) is 0 Å². The van der Waals surface area contributed by atoms with E-state index in [1.807, 2.05) is 24.3 Å². The maximum atomic E-state index is 6.13. The van der Waals surface area contributed by atoms with E-state index in [1.165, 1.54) is 5.56 Å². The Labute approximate surface area is 159 Å². The zero-order valence-corrected chi connectivity index (χ0v) is 15.9. The molecule has 2 aromatic rings. The fourth-order valence-corrected chi connectivity index (χ4v) is 2.54. The molecule has 0 amide bonds. The Kier molecular flexibility index (Phi) is 10.2. The predicted molar refractivity (Wildman–Crippen MR) is 103 cm³/mol. The molecule has 0 heterocycles. The van der Waals surface area contributed by atoms with Crippen LogP contribution in [0.3, 0.4) is 0 Å². The van der Waals surface area contributed by atoms with E-state index in [9.17, 15) is 0 Å². The number of ether oxygens (including phenoxy) is 2. The first-order chi connectivity index (χ1) is 11.2. The fourth-order valence-electron chi connectivity index (χ4n) is 2.08. The molecule has 6 heteroatoms. The molecule has 0 atom stereocenters. The van der Waals surface area contributed by atoms with Crippen molar-refractivity contribution in [3.8, 4) is 5.75 Å². The summed E-state index contributed by atoms with van der Waals surface area (Å²) in [5.41, 5.74) is 2.14. The summed E-state index contributed by atoms with van der Waals surface area (Å²) < 4.78 is 10.8. The SMILES string of the molecule is COCCCNCc1ccc(OCc2ccc(Cl)cc2Cl)cc1.Cl. The zero-order chi connectivity index (χ0) is 16.5. The highest BCUT2D eigenvalue weighted by Crippen LogP contribution is 2.22. The topological polar surface area (TPSA) is 30.5 Å². The van der Waals surface area contributed by atoms with Gasteiger partial charge in [-0.1, -0.05) is 41.4 Å². The highest BCUT2D eigenvalue weighted by Gasteiger charge is 2.03. The van der Waals surface area contributed by atoms with E-state index in [0.29, 0.717) is 16.7 Å². The number of benzene rings is 2. The largest absolute Gasteiger partial charge is 0.489 e. The number of methoxy groups -OCH3 is 1. The minimum absolute atomic E-state index is 0. The molecular weight excluding hydrogens is 369 g/mol. The lowest BCUT2D eigenvalue weighted by molar-refractivity contribution is 0.194. The van der Waals surface area contributed by atoms with Crippen LogP contribution < -0.4 is 10.1 Å². The van der Waals surface area contributed by atoms with Crippen molar-refractivity contribution in [2.24, 2.45) is 0 Å². The molecule has 0 fully saturated rings. The van der Waals surface area contributed by atoms with E-state index in [1.54, 1.807) is 13.2 Å². The van der Waals surface area contributed by atoms with Crippen LogP contribution in [0.1, 0.15) is 17.5 Å². The third-order valence-corrected chi connectivity index (χ3v) is 3.95. The average molecular weight is 391 g/mol. The Balaban J connectivity index is 0.00000288. The molecule has 0 unspecified atom stereocenters. The summed E-state index contributed by atoms with van der Waals surface area (Å²) in [6.07, 6.45) is 1.01. The lowest BCUT2D eigenvalue weighted by atomic mass is 10.2. The quantitative estimate of drug-likeness (QED) is 0.603. The third kappa shape index (κ3) is 7.29. The summed E-state index contributed by atoms with van der Waals surface area (Å²) in [6.45, 7) is 2.99. The van der Waals surface area contributed by atoms with Gasteiger partial charge in [0.2, 0.25) is 0 Å². The van der Waals surface area contributed by atoms with Crippen LogP contribution in [0.15, 0.2) is 42.5 Å². The van der Waals surface area contributed by atoms with Crippen molar-refractivity contribution in [2.75, 3.05) is 20.3 Å². The van der Waals surface area contributed by atoms with Gasteiger partial charge < -0.3 is 14.8 Å². The van der Waals surface area contributed by atoms with Crippen LogP contribution in [-0.2, 0) is 17.9 Å². The summed E-state index contributed by atoms with van der Waals surface area (Å²) in [7, 11) is 1.72. The van der Waals surface area contributed by atoms with E-state index in [-0.39, 0.29) is 12.4 Å². The minimum Gasteiger partial charge on any atom is -0.489 e. The van der Waals surface area contributed by atoms with Gasteiger partial charge >= 0.3 is 0 Å². The summed E-state index contributed by atoms with van der Waals surface area (Å²) in [5.74, 6) is 0.819. The number of hydrogen-bond acceptors (Lipinski definition) is 3. The van der Waals surface area contributed by atoms with E-state index in [2.05, 4.69) is 17.4 Å². The van der Waals surface area contributed by atoms with E-state index < -0.39 is 0 Å². The normalized spacial score (nSPS) is 10.3. The van der Waals surface area contributed by atoms with Crippen LogP contribution in [0.25, 0.3) is 0 Å². The van der Waals surface area contributed by atoms with Crippen LogP contribution in [0, 0.1) is 0 Å². The van der Waals surface area contributed by atoms with Gasteiger partial charge in [-0.25, -0.2) is 0 Å². The van der Waals surface area contributed by atoms with Crippen LogP contribution in [0.4, 0.5) is 0 Å². The Morgan fingerprint density at radius 3 is 2.46 bits per heavy atom. The maximum Gasteiger partial charge on any atom is 0.119 e. The molecule has 0 saturated heterocycles. The molecule has 0 aliphatic carbocycles.